The zero-order valence-electron chi connectivity index (χ0n) is 11.4. The Morgan fingerprint density at radius 3 is 2.38 bits per heavy atom. The van der Waals surface area contributed by atoms with Gasteiger partial charge in [-0.15, -0.1) is 0 Å². The number of carbonyl (C=O) groups excluding carboxylic acids is 1. The van der Waals surface area contributed by atoms with Crippen LogP contribution in [0.15, 0.2) is 18.2 Å². The molecule has 6 nitrogen and oxygen atoms in total. The average Bonchev–Trinajstić information content (AvgIpc) is 3.18. The van der Waals surface area contributed by atoms with Crippen LogP contribution in [0.5, 0.6) is 0 Å². The number of aromatic nitrogens is 1. The Labute approximate surface area is 121 Å². The lowest BCUT2D eigenvalue weighted by Gasteiger charge is -2.18. The van der Waals surface area contributed by atoms with Gasteiger partial charge in [-0.3, -0.25) is 4.79 Å². The van der Waals surface area contributed by atoms with Crippen molar-refractivity contribution < 1.29 is 19.4 Å². The zero-order valence-corrected chi connectivity index (χ0v) is 11.4. The molecule has 0 radical (unpaired) electrons. The predicted octanol–water partition coefficient (Wildman–Crippen LogP) is 1.03. The Morgan fingerprint density at radius 2 is 1.76 bits per heavy atom. The number of nitrogens with zero attached hydrogens (tertiary/aromatic N) is 2. The molecule has 1 amide bonds. The molecule has 0 aliphatic carbocycles. The number of rotatable bonds is 2. The van der Waals surface area contributed by atoms with E-state index in [1.165, 1.54) is 6.07 Å². The molecule has 4 rings (SSSR count). The lowest BCUT2D eigenvalue weighted by Crippen LogP contribution is -2.32. The number of amides is 1. The fourth-order valence-electron chi connectivity index (χ4n) is 3.96. The molecule has 0 aromatic carbocycles. The maximum absolute atomic E-state index is 12.5. The molecule has 0 saturated carbocycles. The second-order valence-electron chi connectivity index (χ2n) is 6.04. The molecule has 6 heteroatoms. The Bertz CT molecular complexity index is 599. The van der Waals surface area contributed by atoms with E-state index in [-0.39, 0.29) is 17.3 Å². The first kappa shape index (κ1) is 12.8. The highest BCUT2D eigenvalue weighted by Gasteiger charge is 2.53. The summed E-state index contributed by atoms with van der Waals surface area (Å²) in [6.07, 6.45) is 2.80. The smallest absolute Gasteiger partial charge is 0.354 e. The summed E-state index contributed by atoms with van der Waals surface area (Å²) < 4.78 is 5.89. The largest absolute Gasteiger partial charge is 0.477 e. The maximum Gasteiger partial charge on any atom is 0.354 e. The van der Waals surface area contributed by atoms with Crippen LogP contribution < -0.4 is 0 Å². The van der Waals surface area contributed by atoms with E-state index in [1.807, 2.05) is 0 Å². The minimum Gasteiger partial charge on any atom is -0.477 e. The van der Waals surface area contributed by atoms with Gasteiger partial charge in [0.25, 0.3) is 5.91 Å². The summed E-state index contributed by atoms with van der Waals surface area (Å²) >= 11 is 0. The number of pyridine rings is 1. The highest BCUT2D eigenvalue weighted by molar-refractivity contribution is 5.94. The molecule has 110 valence electrons. The minimum absolute atomic E-state index is 0.0938. The number of carboxylic acids is 1. The van der Waals surface area contributed by atoms with Crippen LogP contribution in [-0.2, 0) is 4.74 Å². The molecule has 2 bridgehead atoms. The molecular weight excluding hydrogens is 272 g/mol. The number of carbonyl (C=O) groups is 2. The molecule has 3 aliphatic rings. The monoisotopic (exact) mass is 288 g/mol. The summed E-state index contributed by atoms with van der Waals surface area (Å²) in [4.78, 5) is 29.2. The molecular formula is C15H16N2O4. The van der Waals surface area contributed by atoms with Gasteiger partial charge in [0.05, 0.1) is 12.2 Å². The van der Waals surface area contributed by atoms with Crippen molar-refractivity contribution in [2.24, 2.45) is 11.8 Å². The van der Waals surface area contributed by atoms with E-state index in [4.69, 9.17) is 9.84 Å². The van der Waals surface area contributed by atoms with Gasteiger partial charge in [-0.05, 0) is 25.0 Å². The average molecular weight is 288 g/mol. The van der Waals surface area contributed by atoms with Crippen LogP contribution in [-0.4, -0.2) is 52.2 Å². The van der Waals surface area contributed by atoms with Crippen molar-refractivity contribution in [2.45, 2.75) is 25.0 Å². The summed E-state index contributed by atoms with van der Waals surface area (Å²) in [5.41, 5.74) is 0.117. The molecule has 4 unspecified atom stereocenters. The van der Waals surface area contributed by atoms with Gasteiger partial charge >= 0.3 is 5.97 Å². The Balaban J connectivity index is 1.54. The first-order valence-electron chi connectivity index (χ1n) is 7.28. The zero-order chi connectivity index (χ0) is 14.6. The quantitative estimate of drug-likeness (QED) is 0.879. The van der Waals surface area contributed by atoms with E-state index in [2.05, 4.69) is 4.98 Å². The van der Waals surface area contributed by atoms with Gasteiger partial charge < -0.3 is 14.7 Å². The van der Waals surface area contributed by atoms with Crippen molar-refractivity contribution in [3.63, 3.8) is 0 Å². The second kappa shape index (κ2) is 4.53. The van der Waals surface area contributed by atoms with Gasteiger partial charge in [0.2, 0.25) is 0 Å². The molecule has 3 saturated heterocycles. The fraction of sp³-hybridized carbons (Fsp3) is 0.533. The van der Waals surface area contributed by atoms with Crippen molar-refractivity contribution in [3.05, 3.63) is 29.6 Å². The second-order valence-corrected chi connectivity index (χ2v) is 6.04. The Kier molecular flexibility index (Phi) is 2.75. The summed E-state index contributed by atoms with van der Waals surface area (Å²) in [6.45, 7) is 1.40. The highest BCUT2D eigenvalue weighted by Crippen LogP contribution is 2.47. The predicted molar refractivity (Wildman–Crippen MR) is 72.0 cm³/mol. The van der Waals surface area contributed by atoms with Crippen LogP contribution in [0.4, 0.5) is 0 Å². The van der Waals surface area contributed by atoms with E-state index in [0.29, 0.717) is 37.1 Å². The molecule has 3 fully saturated rings. The van der Waals surface area contributed by atoms with Crippen LogP contribution in [0.3, 0.4) is 0 Å². The number of fused-ring (bicyclic) bond motifs is 5. The standard InChI is InChI=1S/C15H16N2O4/c18-14(10-2-1-3-11(16-10)15(19)20)17-6-8-9(7-17)13-5-4-12(8)21-13/h1-3,8-9,12-13H,4-7H2,(H,19,20). The number of ether oxygens (including phenoxy) is 1. The summed E-state index contributed by atoms with van der Waals surface area (Å²) in [6, 6.07) is 4.53. The van der Waals surface area contributed by atoms with Crippen LogP contribution in [0.1, 0.15) is 33.8 Å². The third-order valence-electron chi connectivity index (χ3n) is 4.93. The first-order chi connectivity index (χ1) is 10.1. The van der Waals surface area contributed by atoms with Crippen molar-refractivity contribution in [1.29, 1.82) is 0 Å². The van der Waals surface area contributed by atoms with Gasteiger partial charge in [-0.25, -0.2) is 9.78 Å². The van der Waals surface area contributed by atoms with E-state index < -0.39 is 5.97 Å². The molecule has 1 aromatic heterocycles. The SMILES string of the molecule is O=C(O)c1cccc(C(=O)N2CC3C4CCC(O4)C3C2)n1. The van der Waals surface area contributed by atoms with E-state index in [9.17, 15) is 9.59 Å². The normalized spacial score (nSPS) is 33.2. The van der Waals surface area contributed by atoms with Crippen molar-refractivity contribution in [1.82, 2.24) is 9.88 Å². The van der Waals surface area contributed by atoms with Gasteiger partial charge in [-0.2, -0.15) is 0 Å². The molecule has 4 heterocycles. The number of likely N-dealkylation sites (tertiary alicyclic amines) is 1. The van der Waals surface area contributed by atoms with Crippen molar-refractivity contribution >= 4 is 11.9 Å². The molecule has 1 aromatic rings. The maximum atomic E-state index is 12.5. The Hall–Kier alpha value is -1.95. The molecule has 4 atom stereocenters. The van der Waals surface area contributed by atoms with Gasteiger partial charge in [-0.1, -0.05) is 6.07 Å². The first-order valence-corrected chi connectivity index (χ1v) is 7.28. The van der Waals surface area contributed by atoms with Crippen LogP contribution in [0, 0.1) is 11.8 Å². The third kappa shape index (κ3) is 1.93. The fourth-order valence-corrected chi connectivity index (χ4v) is 3.96. The van der Waals surface area contributed by atoms with Crippen LogP contribution in [0.25, 0.3) is 0 Å². The van der Waals surface area contributed by atoms with Crippen LogP contribution in [0.2, 0.25) is 0 Å². The molecule has 3 aliphatic heterocycles. The number of aromatic carboxylic acids is 1. The van der Waals surface area contributed by atoms with Gasteiger partial charge in [0.1, 0.15) is 11.4 Å². The van der Waals surface area contributed by atoms with E-state index in [0.717, 1.165) is 12.8 Å². The molecule has 0 spiro atoms. The lowest BCUT2D eigenvalue weighted by molar-refractivity contribution is 0.0591. The summed E-state index contributed by atoms with van der Waals surface area (Å²) in [7, 11) is 0. The van der Waals surface area contributed by atoms with Crippen LogP contribution >= 0.6 is 0 Å². The number of hydrogen-bond donors (Lipinski definition) is 1. The van der Waals surface area contributed by atoms with Crippen molar-refractivity contribution in [2.75, 3.05) is 13.1 Å². The van der Waals surface area contributed by atoms with E-state index >= 15 is 0 Å². The van der Waals surface area contributed by atoms with Gasteiger partial charge in [0, 0.05) is 24.9 Å². The summed E-state index contributed by atoms with van der Waals surface area (Å²) in [5.74, 6) is -0.410. The number of carboxylic acid groups (broad SMARTS) is 1. The van der Waals surface area contributed by atoms with Gasteiger partial charge in [0.15, 0.2) is 0 Å². The topological polar surface area (TPSA) is 79.7 Å². The summed E-state index contributed by atoms with van der Waals surface area (Å²) in [5, 5.41) is 8.96. The van der Waals surface area contributed by atoms with E-state index in [1.54, 1.807) is 17.0 Å². The molecule has 21 heavy (non-hydrogen) atoms. The third-order valence-corrected chi connectivity index (χ3v) is 4.93. The highest BCUT2D eigenvalue weighted by atomic mass is 16.5. The minimum atomic E-state index is -1.12. The lowest BCUT2D eigenvalue weighted by atomic mass is 9.82. The molecule has 1 N–H and O–H groups in total. The Morgan fingerprint density at radius 1 is 1.14 bits per heavy atom. The van der Waals surface area contributed by atoms with Crippen molar-refractivity contribution in [3.8, 4) is 0 Å². The number of hydrogen-bond acceptors (Lipinski definition) is 4.